The van der Waals surface area contributed by atoms with Crippen LogP contribution in [-0.2, 0) is 0 Å². The number of carboxylic acid groups (broad SMARTS) is 1. The number of aromatic carboxylic acids is 1. The molecule has 3 rings (SSSR count). The largest absolute Gasteiger partial charge is 0.477 e. The van der Waals surface area contributed by atoms with Gasteiger partial charge in [-0.1, -0.05) is 15.9 Å². The van der Waals surface area contributed by atoms with Crippen molar-refractivity contribution < 1.29 is 19.2 Å². The molecule has 0 fully saturated rings. The average Bonchev–Trinajstić information content (AvgIpc) is 2.55. The molecular formula is C16H8BrFN2O5. The Kier molecular flexibility index (Phi) is 4.09. The van der Waals surface area contributed by atoms with Crippen LogP contribution in [0.15, 0.2) is 51.9 Å². The zero-order chi connectivity index (χ0) is 18.3. The number of nitro groups is 1. The fraction of sp³-hybridized carbons (Fsp3) is 0. The Bertz CT molecular complexity index is 1110. The second-order valence-corrected chi connectivity index (χ2v) is 6.02. The van der Waals surface area contributed by atoms with E-state index in [1.807, 2.05) is 0 Å². The molecule has 1 aromatic heterocycles. The van der Waals surface area contributed by atoms with E-state index in [9.17, 15) is 29.2 Å². The maximum Gasteiger partial charge on any atom is 0.341 e. The van der Waals surface area contributed by atoms with Gasteiger partial charge in [0.25, 0.3) is 5.69 Å². The first kappa shape index (κ1) is 16.8. The summed E-state index contributed by atoms with van der Waals surface area (Å²) in [6, 6.07) is 7.51. The Labute approximate surface area is 147 Å². The third-order valence-electron chi connectivity index (χ3n) is 3.60. The zero-order valence-corrected chi connectivity index (χ0v) is 13.9. The Morgan fingerprint density at radius 2 is 1.96 bits per heavy atom. The van der Waals surface area contributed by atoms with E-state index in [1.165, 1.54) is 16.7 Å². The number of benzene rings is 2. The lowest BCUT2D eigenvalue weighted by Crippen LogP contribution is -2.18. The van der Waals surface area contributed by atoms with Crippen LogP contribution in [0.1, 0.15) is 10.4 Å². The van der Waals surface area contributed by atoms with Gasteiger partial charge in [-0.25, -0.2) is 9.18 Å². The molecule has 7 nitrogen and oxygen atoms in total. The molecule has 0 aliphatic rings. The van der Waals surface area contributed by atoms with Crippen LogP contribution >= 0.6 is 15.9 Å². The van der Waals surface area contributed by atoms with Crippen molar-refractivity contribution in [3.63, 3.8) is 0 Å². The molecule has 0 saturated carbocycles. The van der Waals surface area contributed by atoms with Crippen molar-refractivity contribution in [1.82, 2.24) is 4.57 Å². The number of nitro benzene ring substituents is 1. The smallest absolute Gasteiger partial charge is 0.341 e. The third-order valence-corrected chi connectivity index (χ3v) is 4.09. The van der Waals surface area contributed by atoms with E-state index in [0.29, 0.717) is 4.47 Å². The highest BCUT2D eigenvalue weighted by molar-refractivity contribution is 9.10. The zero-order valence-electron chi connectivity index (χ0n) is 12.3. The highest BCUT2D eigenvalue weighted by atomic mass is 79.9. The highest BCUT2D eigenvalue weighted by Gasteiger charge is 2.18. The summed E-state index contributed by atoms with van der Waals surface area (Å²) in [5, 5.41) is 20.1. The molecule has 0 spiro atoms. The van der Waals surface area contributed by atoms with E-state index in [1.54, 1.807) is 6.07 Å². The molecule has 0 aliphatic carbocycles. The lowest BCUT2D eigenvalue weighted by atomic mass is 10.1. The molecular weight excluding hydrogens is 399 g/mol. The molecule has 1 N–H and O–H groups in total. The Morgan fingerprint density at radius 3 is 2.56 bits per heavy atom. The summed E-state index contributed by atoms with van der Waals surface area (Å²) in [6.07, 6.45) is 1.00. The number of hydrogen-bond donors (Lipinski definition) is 1. The SMILES string of the molecule is O=C(O)c1cn(-c2ccc([N+](=O)[O-])cc2F)c2cc(Br)ccc2c1=O. The maximum atomic E-state index is 14.4. The molecule has 0 radical (unpaired) electrons. The van der Waals surface area contributed by atoms with Gasteiger partial charge >= 0.3 is 5.97 Å². The summed E-state index contributed by atoms with van der Waals surface area (Å²) in [5.41, 5.74) is -1.53. The van der Waals surface area contributed by atoms with E-state index in [-0.39, 0.29) is 16.6 Å². The van der Waals surface area contributed by atoms with E-state index >= 15 is 0 Å². The third kappa shape index (κ3) is 2.89. The van der Waals surface area contributed by atoms with E-state index < -0.39 is 33.4 Å². The second-order valence-electron chi connectivity index (χ2n) is 5.10. The van der Waals surface area contributed by atoms with Gasteiger partial charge in [-0.3, -0.25) is 14.9 Å². The molecule has 25 heavy (non-hydrogen) atoms. The van der Waals surface area contributed by atoms with Crippen LogP contribution in [-0.4, -0.2) is 20.6 Å². The molecule has 2 aromatic carbocycles. The monoisotopic (exact) mass is 406 g/mol. The molecule has 0 atom stereocenters. The van der Waals surface area contributed by atoms with Gasteiger partial charge in [-0.2, -0.15) is 0 Å². The number of hydrogen-bond acceptors (Lipinski definition) is 4. The van der Waals surface area contributed by atoms with Crippen LogP contribution in [0.25, 0.3) is 16.6 Å². The van der Waals surface area contributed by atoms with Crippen molar-refractivity contribution in [3.8, 4) is 5.69 Å². The minimum absolute atomic E-state index is 0.0841. The molecule has 3 aromatic rings. The Hall–Kier alpha value is -3.07. The van der Waals surface area contributed by atoms with Crippen molar-refractivity contribution in [2.45, 2.75) is 0 Å². The second kappa shape index (κ2) is 6.10. The lowest BCUT2D eigenvalue weighted by molar-refractivity contribution is -0.385. The van der Waals surface area contributed by atoms with Crippen LogP contribution in [0.4, 0.5) is 10.1 Å². The van der Waals surface area contributed by atoms with E-state index in [0.717, 1.165) is 24.4 Å². The van der Waals surface area contributed by atoms with Crippen LogP contribution in [0.2, 0.25) is 0 Å². The number of fused-ring (bicyclic) bond motifs is 1. The minimum Gasteiger partial charge on any atom is -0.477 e. The predicted octanol–water partition coefficient (Wildman–Crippen LogP) is 3.50. The molecule has 9 heteroatoms. The van der Waals surface area contributed by atoms with E-state index in [4.69, 9.17) is 0 Å². The summed E-state index contributed by atoms with van der Waals surface area (Å²) < 4.78 is 16.2. The predicted molar refractivity (Wildman–Crippen MR) is 90.8 cm³/mol. The van der Waals surface area contributed by atoms with Crippen molar-refractivity contribution in [2.24, 2.45) is 0 Å². The van der Waals surface area contributed by atoms with Gasteiger partial charge in [-0.05, 0) is 24.3 Å². The topological polar surface area (TPSA) is 102 Å². The number of carbonyl (C=O) groups is 1. The number of halogens is 2. The molecule has 126 valence electrons. The maximum absolute atomic E-state index is 14.4. The van der Waals surface area contributed by atoms with Gasteiger partial charge in [-0.15, -0.1) is 0 Å². The molecule has 0 amide bonds. The Balaban J connectivity index is 2.41. The number of pyridine rings is 1. The first-order valence-electron chi connectivity index (χ1n) is 6.82. The van der Waals surface area contributed by atoms with Crippen molar-refractivity contribution in [1.29, 1.82) is 0 Å². The summed E-state index contributed by atoms with van der Waals surface area (Å²) in [4.78, 5) is 33.7. The van der Waals surface area contributed by atoms with Crippen LogP contribution in [0.5, 0.6) is 0 Å². The number of aromatic nitrogens is 1. The first-order chi connectivity index (χ1) is 11.8. The number of non-ortho nitro benzene ring substituents is 1. The first-order valence-corrected chi connectivity index (χ1v) is 7.61. The Morgan fingerprint density at radius 1 is 1.24 bits per heavy atom. The quantitative estimate of drug-likeness (QED) is 0.529. The van der Waals surface area contributed by atoms with Crippen molar-refractivity contribution in [2.75, 3.05) is 0 Å². The average molecular weight is 407 g/mol. The number of nitrogens with zero attached hydrogens (tertiary/aromatic N) is 2. The molecule has 1 heterocycles. The summed E-state index contributed by atoms with van der Waals surface area (Å²) in [7, 11) is 0. The van der Waals surface area contributed by atoms with Gasteiger partial charge in [0.05, 0.1) is 22.2 Å². The van der Waals surface area contributed by atoms with Gasteiger partial charge in [0.15, 0.2) is 5.82 Å². The van der Waals surface area contributed by atoms with Crippen LogP contribution in [0.3, 0.4) is 0 Å². The van der Waals surface area contributed by atoms with Gasteiger partial charge in [0.1, 0.15) is 5.56 Å². The van der Waals surface area contributed by atoms with Gasteiger partial charge in [0, 0.05) is 22.1 Å². The van der Waals surface area contributed by atoms with Gasteiger partial charge < -0.3 is 9.67 Å². The molecule has 0 unspecified atom stereocenters. The number of rotatable bonds is 3. The molecule has 0 saturated heterocycles. The van der Waals surface area contributed by atoms with E-state index in [2.05, 4.69) is 15.9 Å². The standard InChI is InChI=1S/C16H8BrFN2O5/c17-8-1-3-10-14(5-8)19(7-11(15(10)21)16(22)23)13-4-2-9(20(24)25)6-12(13)18/h1-7H,(H,22,23). The van der Waals surface area contributed by atoms with Gasteiger partial charge in [0.2, 0.25) is 5.43 Å². The van der Waals surface area contributed by atoms with Crippen LogP contribution < -0.4 is 5.43 Å². The number of carboxylic acids is 1. The van der Waals surface area contributed by atoms with Crippen molar-refractivity contribution in [3.05, 3.63) is 78.8 Å². The lowest BCUT2D eigenvalue weighted by Gasteiger charge is -2.13. The summed E-state index contributed by atoms with van der Waals surface area (Å²) >= 11 is 3.25. The normalized spacial score (nSPS) is 10.8. The highest BCUT2D eigenvalue weighted by Crippen LogP contribution is 2.25. The fourth-order valence-electron chi connectivity index (χ4n) is 2.45. The minimum atomic E-state index is -1.45. The summed E-state index contributed by atoms with van der Waals surface area (Å²) in [5.74, 6) is -2.37. The molecule has 0 aliphatic heterocycles. The fourth-order valence-corrected chi connectivity index (χ4v) is 2.80. The van der Waals surface area contributed by atoms with Crippen molar-refractivity contribution >= 4 is 38.5 Å². The van der Waals surface area contributed by atoms with Crippen LogP contribution in [0, 0.1) is 15.9 Å². The molecule has 0 bridgehead atoms. The summed E-state index contributed by atoms with van der Waals surface area (Å²) in [6.45, 7) is 0.